The van der Waals surface area contributed by atoms with Crippen LogP contribution in [0.1, 0.15) is 0 Å². The van der Waals surface area contributed by atoms with Gasteiger partial charge in [0.15, 0.2) is 0 Å². The molecule has 2 aliphatic rings. The van der Waals surface area contributed by atoms with Crippen molar-refractivity contribution in [1.82, 2.24) is 15.5 Å². The average Bonchev–Trinajstić information content (AvgIpc) is 2.39. The largest absolute Gasteiger partial charge is 0.438 e. The Morgan fingerprint density at radius 1 is 1.50 bits per heavy atom. The number of rotatable bonds is 0. The summed E-state index contributed by atoms with van der Waals surface area (Å²) in [7, 11) is 1.13. The van der Waals surface area contributed by atoms with E-state index in [1.165, 1.54) is 0 Å². The molecule has 1 unspecified atom stereocenters. The summed E-state index contributed by atoms with van der Waals surface area (Å²) in [6, 6.07) is -0.996. The number of aliphatic imine (C=N–C) groups is 1. The maximum absolute atomic E-state index is 12.8. The molecule has 0 aromatic carbocycles. The van der Waals surface area contributed by atoms with E-state index in [-0.39, 0.29) is 0 Å². The maximum atomic E-state index is 12.8. The van der Waals surface area contributed by atoms with Gasteiger partial charge in [-0.3, -0.25) is 4.90 Å². The smallest absolute Gasteiger partial charge is 0.321 e. The van der Waals surface area contributed by atoms with Crippen LogP contribution in [-0.4, -0.2) is 35.9 Å². The Bertz CT molecular complexity index is 415. The van der Waals surface area contributed by atoms with Crippen molar-refractivity contribution < 1.29 is 22.4 Å². The van der Waals surface area contributed by atoms with Gasteiger partial charge in [-0.15, -0.1) is 0 Å². The molecule has 2 N–H and O–H groups in total. The fourth-order valence-corrected chi connectivity index (χ4v) is 1.53. The van der Waals surface area contributed by atoms with E-state index in [4.69, 9.17) is 0 Å². The van der Waals surface area contributed by atoms with E-state index in [0.29, 0.717) is 0 Å². The number of fused-ring (bicyclic) bond motifs is 1. The van der Waals surface area contributed by atoms with Gasteiger partial charge in [0.2, 0.25) is 0 Å². The van der Waals surface area contributed by atoms with Gasteiger partial charge in [0, 0.05) is 13.2 Å². The molecule has 1 atom stereocenters. The zero-order chi connectivity index (χ0) is 12.1. The molecule has 5 nitrogen and oxygen atoms in total. The Hall–Kier alpha value is -1.80. The van der Waals surface area contributed by atoms with E-state index >= 15 is 0 Å². The summed E-state index contributed by atoms with van der Waals surface area (Å²) in [4.78, 5) is 14.7. The standard InChI is InChI=1S/C7H6F4N4O/c1-15-3-2-12-4(8)13-6(3,7(9,10)11)14-5(15)16/h2H,1H3,(H,12,13)(H,14,16). The van der Waals surface area contributed by atoms with Gasteiger partial charge >= 0.3 is 12.2 Å². The van der Waals surface area contributed by atoms with Crippen LogP contribution in [0.2, 0.25) is 0 Å². The summed E-state index contributed by atoms with van der Waals surface area (Å²) < 4.78 is 51.2. The monoisotopic (exact) mass is 238 g/mol. The zero-order valence-electron chi connectivity index (χ0n) is 7.89. The minimum atomic E-state index is -4.92. The van der Waals surface area contributed by atoms with Crippen molar-refractivity contribution in [3.05, 3.63) is 11.9 Å². The lowest BCUT2D eigenvalue weighted by atomic mass is 10.1. The number of hydrogen-bond donors (Lipinski definition) is 2. The van der Waals surface area contributed by atoms with Crippen LogP contribution in [0.25, 0.3) is 0 Å². The molecular weight excluding hydrogens is 232 g/mol. The van der Waals surface area contributed by atoms with E-state index in [2.05, 4.69) is 4.99 Å². The number of nitrogens with zero attached hydrogens (tertiary/aromatic N) is 2. The molecule has 0 bridgehead atoms. The molecular formula is C7H6F4N4O. The Kier molecular flexibility index (Phi) is 1.92. The lowest BCUT2D eigenvalue weighted by molar-refractivity contribution is -0.178. The number of urea groups is 1. The zero-order valence-corrected chi connectivity index (χ0v) is 7.89. The Balaban J connectivity index is 2.58. The maximum Gasteiger partial charge on any atom is 0.438 e. The van der Waals surface area contributed by atoms with Crippen LogP contribution in [-0.2, 0) is 0 Å². The fraction of sp³-hybridized carbons (Fsp3) is 0.429. The molecule has 1 saturated heterocycles. The first kappa shape index (κ1) is 10.7. The van der Waals surface area contributed by atoms with Gasteiger partial charge < -0.3 is 10.6 Å². The van der Waals surface area contributed by atoms with Gasteiger partial charge in [0.1, 0.15) is 0 Å². The number of halogens is 4. The molecule has 1 fully saturated rings. The van der Waals surface area contributed by atoms with Crippen LogP contribution in [0.3, 0.4) is 0 Å². The minimum absolute atomic E-state index is 0.494. The third-order valence-corrected chi connectivity index (χ3v) is 2.33. The Labute approximate surface area is 86.8 Å². The van der Waals surface area contributed by atoms with Crippen molar-refractivity contribution in [1.29, 1.82) is 0 Å². The van der Waals surface area contributed by atoms with Gasteiger partial charge in [-0.05, 0) is 0 Å². The lowest BCUT2D eigenvalue weighted by Gasteiger charge is -2.30. The SMILES string of the molecule is CN1C(=O)NC2(C(F)(F)F)N=C(F)NC=C12. The second-order valence-electron chi connectivity index (χ2n) is 3.27. The number of amidine groups is 1. The van der Waals surface area contributed by atoms with E-state index in [1.807, 2.05) is 5.32 Å². The molecule has 0 aliphatic carbocycles. The van der Waals surface area contributed by atoms with Gasteiger partial charge in [0.05, 0.1) is 5.70 Å². The molecule has 0 aromatic rings. The van der Waals surface area contributed by atoms with Gasteiger partial charge in [-0.25, -0.2) is 4.79 Å². The predicted octanol–water partition coefficient (Wildman–Crippen LogP) is 0.670. The highest BCUT2D eigenvalue weighted by Crippen LogP contribution is 2.42. The van der Waals surface area contributed by atoms with Crippen LogP contribution in [0.4, 0.5) is 22.4 Å². The highest BCUT2D eigenvalue weighted by Gasteiger charge is 2.65. The van der Waals surface area contributed by atoms with Crippen LogP contribution in [0.5, 0.6) is 0 Å². The summed E-state index contributed by atoms with van der Waals surface area (Å²) in [5.41, 5.74) is -3.51. The molecule has 2 aliphatic heterocycles. The molecule has 0 radical (unpaired) electrons. The van der Waals surface area contributed by atoms with E-state index < -0.39 is 29.7 Å². The van der Waals surface area contributed by atoms with Crippen LogP contribution in [0, 0.1) is 0 Å². The van der Waals surface area contributed by atoms with Crippen molar-refractivity contribution in [3.63, 3.8) is 0 Å². The third kappa shape index (κ3) is 1.17. The quantitative estimate of drug-likeness (QED) is 0.481. The number of nitrogens with one attached hydrogen (secondary N) is 2. The first-order valence-electron chi connectivity index (χ1n) is 4.13. The summed E-state index contributed by atoms with van der Waals surface area (Å²) in [5.74, 6) is 0. The predicted molar refractivity (Wildman–Crippen MR) is 44.8 cm³/mol. The second kappa shape index (κ2) is 2.86. The van der Waals surface area contributed by atoms with Crippen LogP contribution >= 0.6 is 0 Å². The van der Waals surface area contributed by atoms with Crippen molar-refractivity contribution in [3.8, 4) is 0 Å². The second-order valence-corrected chi connectivity index (χ2v) is 3.27. The Morgan fingerprint density at radius 2 is 2.12 bits per heavy atom. The molecule has 9 heteroatoms. The topological polar surface area (TPSA) is 56.7 Å². The normalized spacial score (nSPS) is 29.1. The summed E-state index contributed by atoms with van der Waals surface area (Å²) in [6.07, 6.45) is -5.57. The number of carbonyl (C=O) groups is 1. The molecule has 0 saturated carbocycles. The van der Waals surface area contributed by atoms with Crippen molar-refractivity contribution in [2.45, 2.75) is 11.8 Å². The van der Waals surface area contributed by atoms with Crippen molar-refractivity contribution in [2.24, 2.45) is 4.99 Å². The summed E-state index contributed by atoms with van der Waals surface area (Å²) >= 11 is 0. The molecule has 16 heavy (non-hydrogen) atoms. The van der Waals surface area contributed by atoms with Crippen molar-refractivity contribution in [2.75, 3.05) is 7.05 Å². The van der Waals surface area contributed by atoms with Gasteiger partial charge in [-0.2, -0.15) is 22.6 Å². The number of carbonyl (C=O) groups excluding carboxylic acids is 1. The van der Waals surface area contributed by atoms with E-state index in [1.54, 1.807) is 5.32 Å². The molecule has 2 rings (SSSR count). The molecule has 0 aromatic heterocycles. The highest BCUT2D eigenvalue weighted by molar-refractivity contribution is 5.85. The first-order chi connectivity index (χ1) is 7.28. The molecule has 88 valence electrons. The first-order valence-corrected chi connectivity index (χ1v) is 4.13. The Morgan fingerprint density at radius 3 is 2.69 bits per heavy atom. The summed E-state index contributed by atoms with van der Waals surface area (Å²) in [6.45, 7) is 0. The fourth-order valence-electron chi connectivity index (χ4n) is 1.53. The molecule has 2 amide bonds. The minimum Gasteiger partial charge on any atom is -0.321 e. The van der Waals surface area contributed by atoms with E-state index in [9.17, 15) is 22.4 Å². The lowest BCUT2D eigenvalue weighted by Crippen LogP contribution is -2.55. The number of likely N-dealkylation sites (N-methyl/N-ethyl adjacent to an activating group) is 1. The summed E-state index contributed by atoms with van der Waals surface area (Å²) in [5, 5.41) is 3.50. The average molecular weight is 238 g/mol. The number of amides is 2. The molecule has 2 heterocycles. The van der Waals surface area contributed by atoms with E-state index in [0.717, 1.165) is 18.1 Å². The third-order valence-electron chi connectivity index (χ3n) is 2.33. The number of hydrogen-bond acceptors (Lipinski definition) is 3. The molecule has 0 spiro atoms. The van der Waals surface area contributed by atoms with Crippen LogP contribution in [0.15, 0.2) is 16.9 Å². The van der Waals surface area contributed by atoms with Crippen LogP contribution < -0.4 is 10.6 Å². The highest BCUT2D eigenvalue weighted by atomic mass is 19.4. The van der Waals surface area contributed by atoms with Gasteiger partial charge in [0.25, 0.3) is 11.8 Å². The number of alkyl halides is 3. The van der Waals surface area contributed by atoms with Crippen molar-refractivity contribution >= 4 is 12.1 Å². The van der Waals surface area contributed by atoms with Gasteiger partial charge in [-0.1, -0.05) is 0 Å².